The second kappa shape index (κ2) is 9.13. The van der Waals surface area contributed by atoms with Crippen molar-refractivity contribution in [3.05, 3.63) is 35.4 Å². The molecule has 8 nitrogen and oxygen atoms in total. The van der Waals surface area contributed by atoms with Crippen molar-refractivity contribution in [1.82, 2.24) is 0 Å². The van der Waals surface area contributed by atoms with Crippen molar-refractivity contribution >= 4 is 24.1 Å². The number of hydrogen-bond acceptors (Lipinski definition) is 6. The van der Waals surface area contributed by atoms with E-state index in [-0.39, 0.29) is 19.3 Å². The van der Waals surface area contributed by atoms with E-state index in [1.165, 1.54) is 0 Å². The van der Waals surface area contributed by atoms with E-state index in [4.69, 9.17) is 9.84 Å². The van der Waals surface area contributed by atoms with Crippen LogP contribution in [0.3, 0.4) is 0 Å². The molecule has 3 atom stereocenters. The van der Waals surface area contributed by atoms with Gasteiger partial charge >= 0.3 is 11.9 Å². The normalized spacial score (nSPS) is 26.0. The van der Waals surface area contributed by atoms with Gasteiger partial charge in [-0.05, 0) is 30.4 Å². The van der Waals surface area contributed by atoms with Crippen LogP contribution in [0.1, 0.15) is 50.2 Å². The predicted octanol–water partition coefficient (Wildman–Crippen LogP) is 2.22. The van der Waals surface area contributed by atoms with Gasteiger partial charge in [-0.15, -0.1) is 0 Å². The first-order chi connectivity index (χ1) is 13.7. The third kappa shape index (κ3) is 5.17. The maximum atomic E-state index is 14.1. The Kier molecular flexibility index (Phi) is 7.07. The number of rotatable bonds is 8. The average Bonchev–Trinajstić information content (AvgIpc) is 2.64. The van der Waals surface area contributed by atoms with Gasteiger partial charge < -0.3 is 24.9 Å². The van der Waals surface area contributed by atoms with Crippen LogP contribution in [0.15, 0.2) is 29.3 Å². The molecule has 1 aliphatic rings. The number of ether oxygens (including phenoxy) is 1. The summed E-state index contributed by atoms with van der Waals surface area (Å²) in [5.41, 5.74) is -2.81. The molecule has 0 saturated carbocycles. The minimum atomic E-state index is -2.76. The van der Waals surface area contributed by atoms with E-state index in [0.29, 0.717) is 18.3 Å². The third-order valence-corrected chi connectivity index (χ3v) is 4.92. The number of aliphatic hydroxyl groups is 1. The Morgan fingerprint density at radius 1 is 1.38 bits per heavy atom. The van der Waals surface area contributed by atoms with Gasteiger partial charge in [0.05, 0.1) is 12.8 Å². The Labute approximate surface area is 167 Å². The molecule has 0 bridgehead atoms. The van der Waals surface area contributed by atoms with Crippen LogP contribution < -0.4 is 0 Å². The number of aliphatic imine (C=N–C) groups is 1. The number of aryl methyl sites for hydroxylation is 1. The lowest BCUT2D eigenvalue weighted by molar-refractivity contribution is -0.165. The quantitative estimate of drug-likeness (QED) is 0.561. The molecule has 0 radical (unpaired) electrons. The Balaban J connectivity index is 2.58. The molecule has 29 heavy (non-hydrogen) atoms. The molecule has 2 rings (SSSR count). The van der Waals surface area contributed by atoms with Crippen LogP contribution >= 0.6 is 0 Å². The number of halogens is 1. The summed E-state index contributed by atoms with van der Waals surface area (Å²) >= 11 is 0. The van der Waals surface area contributed by atoms with Crippen molar-refractivity contribution in [3.8, 4) is 0 Å². The highest BCUT2D eigenvalue weighted by atomic mass is 19.1. The van der Waals surface area contributed by atoms with Crippen LogP contribution in [-0.4, -0.2) is 51.4 Å². The second-order valence-corrected chi connectivity index (χ2v) is 7.06. The van der Waals surface area contributed by atoms with Crippen LogP contribution in [0.5, 0.6) is 0 Å². The molecular weight excluding hydrogens is 385 g/mol. The highest BCUT2D eigenvalue weighted by Gasteiger charge is 2.43. The number of benzene rings is 1. The van der Waals surface area contributed by atoms with Crippen molar-refractivity contribution in [2.75, 3.05) is 0 Å². The van der Waals surface area contributed by atoms with Gasteiger partial charge in [-0.25, -0.2) is 14.2 Å². The molecule has 9 heteroatoms. The first-order valence-corrected chi connectivity index (χ1v) is 9.27. The number of alkyl halides is 1. The van der Waals surface area contributed by atoms with E-state index in [1.54, 1.807) is 18.2 Å². The number of carboxylic acid groups (broad SMARTS) is 2. The maximum absolute atomic E-state index is 14.1. The van der Waals surface area contributed by atoms with Crippen molar-refractivity contribution in [2.45, 2.75) is 62.9 Å². The number of aldehydes is 1. The first-order valence-electron chi connectivity index (χ1n) is 9.27. The molecule has 1 aromatic carbocycles. The summed E-state index contributed by atoms with van der Waals surface area (Å²) in [6, 6.07) is 7.07. The van der Waals surface area contributed by atoms with Gasteiger partial charge in [0.25, 0.3) is 0 Å². The number of hydrogen-bond donors (Lipinski definition) is 3. The molecule has 0 saturated heterocycles. The average molecular weight is 409 g/mol. The molecule has 158 valence electrons. The van der Waals surface area contributed by atoms with Gasteiger partial charge in [-0.2, -0.15) is 0 Å². The lowest BCUT2D eigenvalue weighted by atomic mass is 9.82. The van der Waals surface area contributed by atoms with Crippen LogP contribution in [0.4, 0.5) is 4.39 Å². The molecule has 1 aromatic rings. The zero-order valence-electron chi connectivity index (χ0n) is 16.0. The van der Waals surface area contributed by atoms with E-state index >= 15 is 0 Å². The summed E-state index contributed by atoms with van der Waals surface area (Å²) in [5.74, 6) is -3.88. The summed E-state index contributed by atoms with van der Waals surface area (Å²) < 4.78 is 19.2. The molecular formula is C20H24FNO7. The number of nitrogens with zero attached hydrogens (tertiary/aromatic N) is 1. The Morgan fingerprint density at radius 2 is 2.07 bits per heavy atom. The van der Waals surface area contributed by atoms with Gasteiger partial charge in [0.15, 0.2) is 17.8 Å². The SMILES string of the molecule is CCc1ccccc1C1(C=O)CCCC(F)O/C(CC(O)(CC(=O)O)C(=O)O)=N\1. The lowest BCUT2D eigenvalue weighted by Crippen LogP contribution is -2.44. The second-order valence-electron chi connectivity index (χ2n) is 7.06. The number of carbonyl (C=O) groups is 3. The highest BCUT2D eigenvalue weighted by Crippen LogP contribution is 2.36. The maximum Gasteiger partial charge on any atom is 0.336 e. The van der Waals surface area contributed by atoms with Crippen molar-refractivity contribution in [2.24, 2.45) is 4.99 Å². The van der Waals surface area contributed by atoms with E-state index < -0.39 is 48.2 Å². The summed E-state index contributed by atoms with van der Waals surface area (Å²) in [5, 5.41) is 28.6. The van der Waals surface area contributed by atoms with Gasteiger partial charge in [0.2, 0.25) is 6.36 Å². The fourth-order valence-electron chi connectivity index (χ4n) is 3.43. The van der Waals surface area contributed by atoms with E-state index in [1.807, 2.05) is 13.0 Å². The predicted molar refractivity (Wildman–Crippen MR) is 100 cm³/mol. The summed E-state index contributed by atoms with van der Waals surface area (Å²) in [7, 11) is 0. The molecule has 0 aromatic heterocycles. The lowest BCUT2D eigenvalue weighted by Gasteiger charge is -2.32. The number of carboxylic acids is 2. The summed E-state index contributed by atoms with van der Waals surface area (Å²) in [6.07, 6.45) is -2.27. The largest absolute Gasteiger partial charge is 0.481 e. The molecule has 1 aliphatic heterocycles. The summed E-state index contributed by atoms with van der Waals surface area (Å²) in [4.78, 5) is 38.9. The van der Waals surface area contributed by atoms with Crippen LogP contribution in [0.25, 0.3) is 0 Å². The standard InChI is InChI=1S/C20H24FNO7/c1-2-13-6-3-4-7-14(13)19(12-23)9-5-8-15(21)29-16(22-19)10-20(28,18(26)27)11-17(24)25/h3-4,6-7,12,15,28H,2,5,8-11H2,1H3,(H,24,25)(H,26,27)/b22-16-. The Bertz CT molecular complexity index is 812. The minimum Gasteiger partial charge on any atom is -0.481 e. The van der Waals surface area contributed by atoms with E-state index in [9.17, 15) is 29.0 Å². The molecule has 1 heterocycles. The molecule has 0 amide bonds. The molecule has 0 fully saturated rings. The zero-order valence-corrected chi connectivity index (χ0v) is 16.0. The van der Waals surface area contributed by atoms with Gasteiger partial charge in [0, 0.05) is 6.42 Å². The zero-order chi connectivity index (χ0) is 21.7. The molecule has 3 unspecified atom stereocenters. The Hall–Kier alpha value is -2.81. The summed E-state index contributed by atoms with van der Waals surface area (Å²) in [6.45, 7) is 1.90. The fourth-order valence-corrected chi connectivity index (χ4v) is 3.43. The monoisotopic (exact) mass is 409 g/mol. The molecule has 3 N–H and O–H groups in total. The topological polar surface area (TPSA) is 133 Å². The van der Waals surface area contributed by atoms with Crippen molar-refractivity contribution in [1.29, 1.82) is 0 Å². The van der Waals surface area contributed by atoms with Gasteiger partial charge in [-0.1, -0.05) is 31.2 Å². The van der Waals surface area contributed by atoms with Gasteiger partial charge in [0.1, 0.15) is 5.54 Å². The third-order valence-electron chi connectivity index (χ3n) is 4.92. The minimum absolute atomic E-state index is 0.0622. The van der Waals surface area contributed by atoms with Crippen LogP contribution in [0, 0.1) is 0 Å². The van der Waals surface area contributed by atoms with Gasteiger partial charge in [-0.3, -0.25) is 4.79 Å². The van der Waals surface area contributed by atoms with Crippen molar-refractivity contribution in [3.63, 3.8) is 0 Å². The number of carbonyl (C=O) groups excluding carboxylic acids is 1. The van der Waals surface area contributed by atoms with E-state index in [0.717, 1.165) is 5.56 Å². The van der Waals surface area contributed by atoms with Crippen LogP contribution in [-0.2, 0) is 31.1 Å². The fraction of sp³-hybridized carbons (Fsp3) is 0.500. The highest BCUT2D eigenvalue weighted by molar-refractivity contribution is 5.91. The van der Waals surface area contributed by atoms with Crippen molar-refractivity contribution < 1.29 is 38.8 Å². The van der Waals surface area contributed by atoms with E-state index in [2.05, 4.69) is 4.99 Å². The van der Waals surface area contributed by atoms with Crippen LogP contribution in [0.2, 0.25) is 0 Å². The molecule has 0 aliphatic carbocycles. The first kappa shape index (κ1) is 22.5. The Morgan fingerprint density at radius 3 is 2.66 bits per heavy atom. The molecule has 0 spiro atoms. The number of aliphatic carboxylic acids is 2. The smallest absolute Gasteiger partial charge is 0.336 e.